The van der Waals surface area contributed by atoms with Crippen LogP contribution in [0.15, 0.2) is 35.5 Å². The highest BCUT2D eigenvalue weighted by Gasteiger charge is 2.30. The Morgan fingerprint density at radius 1 is 1.22 bits per heavy atom. The number of hydrogen-bond donors (Lipinski definition) is 0. The highest BCUT2D eigenvalue weighted by atomic mass is 32.2. The molecule has 1 aliphatic rings. The van der Waals surface area contributed by atoms with Gasteiger partial charge in [-0.3, -0.25) is 0 Å². The van der Waals surface area contributed by atoms with Crippen molar-refractivity contribution >= 4 is 10.0 Å². The highest BCUT2D eigenvalue weighted by Crippen LogP contribution is 2.26. The van der Waals surface area contributed by atoms with Gasteiger partial charge in [0, 0.05) is 19.0 Å². The number of imidazole rings is 1. The summed E-state index contributed by atoms with van der Waals surface area (Å²) < 4.78 is 29.4. The van der Waals surface area contributed by atoms with Gasteiger partial charge in [-0.2, -0.15) is 4.31 Å². The molecule has 23 heavy (non-hydrogen) atoms. The summed E-state index contributed by atoms with van der Waals surface area (Å²) in [7, 11) is -3.46. The van der Waals surface area contributed by atoms with Crippen LogP contribution in [-0.4, -0.2) is 28.8 Å². The zero-order valence-electron chi connectivity index (χ0n) is 13.9. The second-order valence-corrected chi connectivity index (χ2v) is 8.16. The number of hydrogen-bond acceptors (Lipinski definition) is 3. The van der Waals surface area contributed by atoms with E-state index in [4.69, 9.17) is 0 Å². The topological polar surface area (TPSA) is 55.2 Å². The van der Waals surface area contributed by atoms with Crippen molar-refractivity contribution in [1.29, 1.82) is 0 Å². The molecule has 5 nitrogen and oxygen atoms in total. The minimum absolute atomic E-state index is 0.276. The number of benzene rings is 1. The largest absolute Gasteiger partial charge is 0.331 e. The molecule has 0 aliphatic carbocycles. The third kappa shape index (κ3) is 2.93. The van der Waals surface area contributed by atoms with E-state index >= 15 is 0 Å². The molecule has 6 heteroatoms. The maximum Gasteiger partial charge on any atom is 0.243 e. The average molecular weight is 333 g/mol. The number of aromatic nitrogens is 2. The third-order valence-corrected chi connectivity index (χ3v) is 6.29. The summed E-state index contributed by atoms with van der Waals surface area (Å²) in [5.41, 5.74) is 3.18. The van der Waals surface area contributed by atoms with Gasteiger partial charge in [-0.15, -0.1) is 0 Å². The summed E-state index contributed by atoms with van der Waals surface area (Å²) in [6.45, 7) is 7.10. The molecule has 0 atom stereocenters. The van der Waals surface area contributed by atoms with E-state index in [1.165, 1.54) is 0 Å². The smallest absolute Gasteiger partial charge is 0.243 e. The molecule has 1 aromatic heterocycles. The van der Waals surface area contributed by atoms with Crippen LogP contribution in [0.1, 0.15) is 43.8 Å². The lowest BCUT2D eigenvalue weighted by atomic mass is 10.2. The average Bonchev–Trinajstić information content (AvgIpc) is 2.98. The van der Waals surface area contributed by atoms with Crippen molar-refractivity contribution in [3.8, 4) is 0 Å². The molecule has 0 saturated heterocycles. The number of fused-ring (bicyclic) bond motifs is 1. The zero-order valence-corrected chi connectivity index (χ0v) is 14.7. The number of sulfonamides is 1. The molecule has 0 saturated carbocycles. The van der Waals surface area contributed by atoms with E-state index in [-0.39, 0.29) is 6.04 Å². The molecule has 0 amide bonds. The molecule has 0 spiro atoms. The van der Waals surface area contributed by atoms with Gasteiger partial charge in [-0.25, -0.2) is 13.4 Å². The number of nitrogens with zero attached hydrogens (tertiary/aromatic N) is 3. The summed E-state index contributed by atoms with van der Waals surface area (Å²) in [6.07, 6.45) is 3.39. The molecule has 0 N–H and O–H groups in total. The fourth-order valence-corrected chi connectivity index (χ4v) is 4.38. The predicted octanol–water partition coefficient (Wildman–Crippen LogP) is 2.77. The Morgan fingerprint density at radius 3 is 2.52 bits per heavy atom. The summed E-state index contributed by atoms with van der Waals surface area (Å²) in [6, 6.07) is 7.48. The molecule has 0 unspecified atom stereocenters. The van der Waals surface area contributed by atoms with E-state index in [1.54, 1.807) is 16.4 Å². The van der Waals surface area contributed by atoms with Crippen molar-refractivity contribution in [2.24, 2.45) is 0 Å². The van der Waals surface area contributed by atoms with Crippen molar-refractivity contribution in [3.63, 3.8) is 0 Å². The van der Waals surface area contributed by atoms with Crippen LogP contribution in [0.3, 0.4) is 0 Å². The normalized spacial score (nSPS) is 15.8. The first-order valence-electron chi connectivity index (χ1n) is 8.07. The summed E-state index contributed by atoms with van der Waals surface area (Å²) >= 11 is 0. The molecular weight excluding hydrogens is 310 g/mol. The van der Waals surface area contributed by atoms with E-state index in [0.29, 0.717) is 24.4 Å². The van der Waals surface area contributed by atoms with Crippen molar-refractivity contribution in [2.45, 2.75) is 51.1 Å². The summed E-state index contributed by atoms with van der Waals surface area (Å²) in [4.78, 5) is 4.80. The Hall–Kier alpha value is -1.66. The van der Waals surface area contributed by atoms with Gasteiger partial charge >= 0.3 is 0 Å². The van der Waals surface area contributed by atoms with Crippen LogP contribution in [0.25, 0.3) is 0 Å². The molecule has 124 valence electrons. The van der Waals surface area contributed by atoms with E-state index in [0.717, 1.165) is 23.4 Å². The minimum atomic E-state index is -3.46. The number of aryl methyl sites for hydroxylation is 1. The third-order valence-electron chi connectivity index (χ3n) is 4.43. The Bertz CT molecular complexity index is 792. The van der Waals surface area contributed by atoms with Gasteiger partial charge < -0.3 is 4.57 Å². The second-order valence-electron chi connectivity index (χ2n) is 6.23. The Balaban J connectivity index is 1.90. The molecule has 0 fully saturated rings. The SMILES string of the molecule is CCc1ccc(S(=O)(=O)N2CCc3ncn(C(C)C)c3C2)cc1. The van der Waals surface area contributed by atoms with Crippen LogP contribution in [0.5, 0.6) is 0 Å². The van der Waals surface area contributed by atoms with Crippen molar-refractivity contribution in [2.75, 3.05) is 6.54 Å². The molecular formula is C17H23N3O2S. The monoisotopic (exact) mass is 333 g/mol. The van der Waals surface area contributed by atoms with Crippen LogP contribution >= 0.6 is 0 Å². The maximum absolute atomic E-state index is 12.9. The first kappa shape index (κ1) is 16.2. The Labute approximate surface area is 138 Å². The van der Waals surface area contributed by atoms with Gasteiger partial charge in [0.2, 0.25) is 10.0 Å². The van der Waals surface area contributed by atoms with Crippen molar-refractivity contribution < 1.29 is 8.42 Å². The molecule has 1 aliphatic heterocycles. The first-order chi connectivity index (χ1) is 10.9. The van der Waals surface area contributed by atoms with E-state index in [9.17, 15) is 8.42 Å². The van der Waals surface area contributed by atoms with Gasteiger partial charge in [0.1, 0.15) is 0 Å². The van der Waals surface area contributed by atoms with Gasteiger partial charge in [0.15, 0.2) is 0 Å². The maximum atomic E-state index is 12.9. The highest BCUT2D eigenvalue weighted by molar-refractivity contribution is 7.89. The lowest BCUT2D eigenvalue weighted by Gasteiger charge is -2.27. The van der Waals surface area contributed by atoms with Gasteiger partial charge in [0.05, 0.1) is 29.2 Å². The second kappa shape index (κ2) is 6.09. The van der Waals surface area contributed by atoms with E-state index in [1.807, 2.05) is 18.5 Å². The molecule has 0 bridgehead atoms. The molecule has 2 aromatic rings. The lowest BCUT2D eigenvalue weighted by Crippen LogP contribution is -2.36. The fraction of sp³-hybridized carbons (Fsp3) is 0.471. The van der Waals surface area contributed by atoms with Gasteiger partial charge in [-0.1, -0.05) is 19.1 Å². The quantitative estimate of drug-likeness (QED) is 0.864. The fourth-order valence-electron chi connectivity index (χ4n) is 2.98. The molecule has 2 heterocycles. The standard InChI is InChI=1S/C17H23N3O2S/c1-4-14-5-7-15(8-6-14)23(21,22)19-10-9-16-17(11-19)20(12-18-16)13(2)3/h5-8,12-13H,4,9-11H2,1-3H3. The first-order valence-corrected chi connectivity index (χ1v) is 9.51. The molecule has 3 rings (SSSR count). The zero-order chi connectivity index (χ0) is 16.6. The van der Waals surface area contributed by atoms with Crippen molar-refractivity contribution in [1.82, 2.24) is 13.9 Å². The minimum Gasteiger partial charge on any atom is -0.331 e. The van der Waals surface area contributed by atoms with Crippen LogP contribution in [-0.2, 0) is 29.4 Å². The summed E-state index contributed by atoms with van der Waals surface area (Å²) in [5, 5.41) is 0. The predicted molar refractivity (Wildman–Crippen MR) is 89.7 cm³/mol. The van der Waals surface area contributed by atoms with Gasteiger partial charge in [-0.05, 0) is 38.0 Å². The van der Waals surface area contributed by atoms with E-state index < -0.39 is 10.0 Å². The van der Waals surface area contributed by atoms with E-state index in [2.05, 4.69) is 30.3 Å². The van der Waals surface area contributed by atoms with Crippen molar-refractivity contribution in [3.05, 3.63) is 47.5 Å². The van der Waals surface area contributed by atoms with Crippen LogP contribution in [0.4, 0.5) is 0 Å². The molecule has 0 radical (unpaired) electrons. The van der Waals surface area contributed by atoms with Crippen LogP contribution < -0.4 is 0 Å². The lowest BCUT2D eigenvalue weighted by molar-refractivity contribution is 0.372. The Morgan fingerprint density at radius 2 is 1.91 bits per heavy atom. The van der Waals surface area contributed by atoms with Crippen LogP contribution in [0, 0.1) is 0 Å². The summed E-state index contributed by atoms with van der Waals surface area (Å²) in [5.74, 6) is 0. The van der Waals surface area contributed by atoms with Gasteiger partial charge in [0.25, 0.3) is 0 Å². The number of rotatable bonds is 4. The molecule has 1 aromatic carbocycles. The van der Waals surface area contributed by atoms with Crippen LogP contribution in [0.2, 0.25) is 0 Å². The Kier molecular flexibility index (Phi) is 4.29.